The summed E-state index contributed by atoms with van der Waals surface area (Å²) >= 11 is 0. The van der Waals surface area contributed by atoms with E-state index in [9.17, 15) is 0 Å². The molecule has 0 aliphatic rings. The quantitative estimate of drug-likeness (QED) is 0.780. The molecule has 0 saturated heterocycles. The molecule has 3 rings (SSSR count). The van der Waals surface area contributed by atoms with E-state index >= 15 is 0 Å². The SMILES string of the molecule is Cc1ccc(CNc2ccc3c(cnn3C)c2)cc1C. The van der Waals surface area contributed by atoms with Gasteiger partial charge in [0.1, 0.15) is 0 Å². The first-order valence-corrected chi connectivity index (χ1v) is 6.85. The minimum absolute atomic E-state index is 0.840. The fourth-order valence-electron chi connectivity index (χ4n) is 2.39. The van der Waals surface area contributed by atoms with Gasteiger partial charge in [-0.25, -0.2) is 0 Å². The summed E-state index contributed by atoms with van der Waals surface area (Å²) < 4.78 is 1.89. The Labute approximate surface area is 119 Å². The fourth-order valence-corrected chi connectivity index (χ4v) is 2.39. The Kier molecular flexibility index (Phi) is 3.18. The van der Waals surface area contributed by atoms with Crippen LogP contribution in [0, 0.1) is 13.8 Å². The van der Waals surface area contributed by atoms with Crippen molar-refractivity contribution in [2.75, 3.05) is 5.32 Å². The number of rotatable bonds is 3. The predicted octanol–water partition coefficient (Wildman–Crippen LogP) is 3.80. The molecule has 0 saturated carbocycles. The van der Waals surface area contributed by atoms with Crippen molar-refractivity contribution >= 4 is 16.6 Å². The molecule has 0 spiro atoms. The Morgan fingerprint density at radius 2 is 1.90 bits per heavy atom. The van der Waals surface area contributed by atoms with Crippen LogP contribution in [0.5, 0.6) is 0 Å². The molecule has 0 unspecified atom stereocenters. The number of benzene rings is 2. The van der Waals surface area contributed by atoms with Gasteiger partial charge in [-0.1, -0.05) is 18.2 Å². The monoisotopic (exact) mass is 265 g/mol. The van der Waals surface area contributed by atoms with Crippen molar-refractivity contribution in [3.8, 4) is 0 Å². The molecule has 1 heterocycles. The second kappa shape index (κ2) is 5.00. The van der Waals surface area contributed by atoms with Crippen molar-refractivity contribution in [3.05, 3.63) is 59.3 Å². The molecule has 102 valence electrons. The zero-order valence-electron chi connectivity index (χ0n) is 12.1. The van der Waals surface area contributed by atoms with E-state index in [2.05, 4.69) is 60.7 Å². The molecule has 0 aliphatic carbocycles. The summed E-state index contributed by atoms with van der Waals surface area (Å²) in [5, 5.41) is 8.90. The van der Waals surface area contributed by atoms with Gasteiger partial charge in [-0.05, 0) is 48.7 Å². The maximum Gasteiger partial charge on any atom is 0.0680 e. The average Bonchev–Trinajstić information content (AvgIpc) is 2.81. The van der Waals surface area contributed by atoms with Crippen LogP contribution in [-0.4, -0.2) is 9.78 Å². The molecule has 0 radical (unpaired) electrons. The maximum absolute atomic E-state index is 4.27. The zero-order valence-corrected chi connectivity index (χ0v) is 12.1. The molecule has 3 heteroatoms. The van der Waals surface area contributed by atoms with E-state index in [0.717, 1.165) is 23.1 Å². The van der Waals surface area contributed by atoms with Gasteiger partial charge < -0.3 is 5.32 Å². The van der Waals surface area contributed by atoms with Gasteiger partial charge >= 0.3 is 0 Å². The molecule has 1 aromatic heterocycles. The highest BCUT2D eigenvalue weighted by atomic mass is 15.2. The average molecular weight is 265 g/mol. The van der Waals surface area contributed by atoms with Crippen molar-refractivity contribution in [2.45, 2.75) is 20.4 Å². The Morgan fingerprint density at radius 1 is 1.05 bits per heavy atom. The molecule has 1 N–H and O–H groups in total. The third kappa shape index (κ3) is 2.39. The predicted molar refractivity (Wildman–Crippen MR) is 84.0 cm³/mol. The van der Waals surface area contributed by atoms with Gasteiger partial charge in [-0.3, -0.25) is 4.68 Å². The first kappa shape index (κ1) is 12.7. The van der Waals surface area contributed by atoms with Crippen molar-refractivity contribution in [2.24, 2.45) is 7.05 Å². The van der Waals surface area contributed by atoms with Gasteiger partial charge in [0, 0.05) is 24.7 Å². The number of fused-ring (bicyclic) bond motifs is 1. The van der Waals surface area contributed by atoms with Gasteiger partial charge in [0.2, 0.25) is 0 Å². The molecule has 0 bridgehead atoms. The van der Waals surface area contributed by atoms with Gasteiger partial charge in [0.25, 0.3) is 0 Å². The second-order valence-corrected chi connectivity index (χ2v) is 5.31. The van der Waals surface area contributed by atoms with Gasteiger partial charge in [0.05, 0.1) is 11.7 Å². The van der Waals surface area contributed by atoms with E-state index in [-0.39, 0.29) is 0 Å². The Hall–Kier alpha value is -2.29. The lowest BCUT2D eigenvalue weighted by Crippen LogP contribution is -2.00. The molecular weight excluding hydrogens is 246 g/mol. The van der Waals surface area contributed by atoms with Crippen LogP contribution >= 0.6 is 0 Å². The summed E-state index contributed by atoms with van der Waals surface area (Å²) in [5.74, 6) is 0. The van der Waals surface area contributed by atoms with Crippen LogP contribution in [0.2, 0.25) is 0 Å². The molecule has 0 atom stereocenters. The van der Waals surface area contributed by atoms with Crippen LogP contribution in [0.25, 0.3) is 10.9 Å². The summed E-state index contributed by atoms with van der Waals surface area (Å²) in [6.45, 7) is 5.14. The summed E-state index contributed by atoms with van der Waals surface area (Å²) in [7, 11) is 1.96. The minimum atomic E-state index is 0.840. The van der Waals surface area contributed by atoms with E-state index in [0.29, 0.717) is 0 Å². The Balaban J connectivity index is 1.77. The van der Waals surface area contributed by atoms with Crippen LogP contribution in [0.4, 0.5) is 5.69 Å². The number of nitrogens with zero attached hydrogens (tertiary/aromatic N) is 2. The highest BCUT2D eigenvalue weighted by Gasteiger charge is 2.01. The van der Waals surface area contributed by atoms with Crippen LogP contribution in [-0.2, 0) is 13.6 Å². The van der Waals surface area contributed by atoms with E-state index in [4.69, 9.17) is 0 Å². The zero-order chi connectivity index (χ0) is 14.1. The number of hydrogen-bond acceptors (Lipinski definition) is 2. The topological polar surface area (TPSA) is 29.9 Å². The molecule has 2 aromatic carbocycles. The molecule has 0 aliphatic heterocycles. The van der Waals surface area contributed by atoms with Crippen LogP contribution in [0.1, 0.15) is 16.7 Å². The van der Waals surface area contributed by atoms with Crippen molar-refractivity contribution in [1.82, 2.24) is 9.78 Å². The smallest absolute Gasteiger partial charge is 0.0680 e. The lowest BCUT2D eigenvalue weighted by molar-refractivity contribution is 0.797. The largest absolute Gasteiger partial charge is 0.381 e. The van der Waals surface area contributed by atoms with Crippen molar-refractivity contribution in [3.63, 3.8) is 0 Å². The number of hydrogen-bond donors (Lipinski definition) is 1. The maximum atomic E-state index is 4.27. The van der Waals surface area contributed by atoms with Crippen LogP contribution < -0.4 is 5.32 Å². The second-order valence-electron chi connectivity index (χ2n) is 5.31. The third-order valence-electron chi connectivity index (χ3n) is 3.81. The fraction of sp³-hybridized carbons (Fsp3) is 0.235. The van der Waals surface area contributed by atoms with Crippen LogP contribution in [0.15, 0.2) is 42.6 Å². The first-order valence-electron chi connectivity index (χ1n) is 6.85. The highest BCUT2D eigenvalue weighted by Crippen LogP contribution is 2.19. The Morgan fingerprint density at radius 3 is 2.70 bits per heavy atom. The molecule has 0 amide bonds. The summed E-state index contributed by atoms with van der Waals surface area (Å²) in [5.41, 5.74) is 6.27. The van der Waals surface area contributed by atoms with Crippen molar-refractivity contribution < 1.29 is 0 Å². The van der Waals surface area contributed by atoms with Gasteiger partial charge in [-0.2, -0.15) is 5.10 Å². The molecule has 3 nitrogen and oxygen atoms in total. The third-order valence-corrected chi connectivity index (χ3v) is 3.81. The first-order chi connectivity index (χ1) is 9.63. The van der Waals surface area contributed by atoms with Crippen molar-refractivity contribution in [1.29, 1.82) is 0 Å². The van der Waals surface area contributed by atoms with E-state index in [1.165, 1.54) is 16.7 Å². The number of anilines is 1. The van der Waals surface area contributed by atoms with Crippen LogP contribution in [0.3, 0.4) is 0 Å². The molecule has 3 aromatic rings. The van der Waals surface area contributed by atoms with E-state index < -0.39 is 0 Å². The summed E-state index contributed by atoms with van der Waals surface area (Å²) in [6, 6.07) is 12.9. The van der Waals surface area contributed by atoms with Gasteiger partial charge in [-0.15, -0.1) is 0 Å². The summed E-state index contributed by atoms with van der Waals surface area (Å²) in [6.07, 6.45) is 1.90. The number of nitrogens with one attached hydrogen (secondary N) is 1. The summed E-state index contributed by atoms with van der Waals surface area (Å²) in [4.78, 5) is 0. The lowest BCUT2D eigenvalue weighted by atomic mass is 10.1. The number of aryl methyl sites for hydroxylation is 3. The number of aromatic nitrogens is 2. The van der Waals surface area contributed by atoms with E-state index in [1.54, 1.807) is 0 Å². The lowest BCUT2D eigenvalue weighted by Gasteiger charge is -2.09. The molecule has 0 fully saturated rings. The van der Waals surface area contributed by atoms with Gasteiger partial charge in [0.15, 0.2) is 0 Å². The highest BCUT2D eigenvalue weighted by molar-refractivity contribution is 5.82. The minimum Gasteiger partial charge on any atom is -0.381 e. The normalized spacial score (nSPS) is 10.9. The Bertz CT molecular complexity index is 756. The molecular formula is C17H19N3. The standard InChI is InChI=1S/C17H19N3/c1-12-4-5-14(8-13(12)2)10-18-16-6-7-17-15(9-16)11-19-20(17)3/h4-9,11,18H,10H2,1-3H3. The molecule has 20 heavy (non-hydrogen) atoms. The van der Waals surface area contributed by atoms with E-state index in [1.807, 2.05) is 17.9 Å².